The number of amides is 1. The Labute approximate surface area is 136 Å². The van der Waals surface area contributed by atoms with Crippen molar-refractivity contribution in [1.82, 2.24) is 4.90 Å². The number of ether oxygens (including phenoxy) is 1. The summed E-state index contributed by atoms with van der Waals surface area (Å²) >= 11 is 0. The normalized spacial score (nSPS) is 22.4. The average Bonchev–Trinajstić information content (AvgIpc) is 2.42. The van der Waals surface area contributed by atoms with Crippen LogP contribution in [0.3, 0.4) is 0 Å². The molecule has 1 fully saturated rings. The number of carbonyl (C=O) groups is 1. The van der Waals surface area contributed by atoms with E-state index in [1.165, 1.54) is 19.3 Å². The molecule has 1 rings (SSSR count). The standard InChI is InChI=1S/C18H35NO3/c1-15-11-7-8-12-16(15)19(13-9-5-6-10-14-20)17(21)22-18(2,3)4/h15-16,20H,5-14H2,1-4H3. The Morgan fingerprint density at radius 1 is 1.14 bits per heavy atom. The molecule has 0 aromatic carbocycles. The molecule has 2 unspecified atom stereocenters. The Morgan fingerprint density at radius 3 is 2.36 bits per heavy atom. The smallest absolute Gasteiger partial charge is 0.410 e. The van der Waals surface area contributed by atoms with Crippen molar-refractivity contribution in [1.29, 1.82) is 0 Å². The molecule has 0 aromatic heterocycles. The third-order valence-electron chi connectivity index (χ3n) is 4.40. The average molecular weight is 313 g/mol. The van der Waals surface area contributed by atoms with E-state index in [-0.39, 0.29) is 12.7 Å². The van der Waals surface area contributed by atoms with Gasteiger partial charge in [0.1, 0.15) is 5.60 Å². The number of nitrogens with zero attached hydrogens (tertiary/aromatic N) is 1. The Morgan fingerprint density at radius 2 is 1.77 bits per heavy atom. The van der Waals surface area contributed by atoms with E-state index in [4.69, 9.17) is 9.84 Å². The van der Waals surface area contributed by atoms with E-state index in [9.17, 15) is 4.79 Å². The number of carbonyl (C=O) groups excluding carboxylic acids is 1. The van der Waals surface area contributed by atoms with Gasteiger partial charge in [-0.2, -0.15) is 0 Å². The molecule has 4 heteroatoms. The summed E-state index contributed by atoms with van der Waals surface area (Å²) in [6.45, 7) is 9.07. The van der Waals surface area contributed by atoms with Crippen molar-refractivity contribution in [3.8, 4) is 0 Å². The molecule has 0 radical (unpaired) electrons. The van der Waals surface area contributed by atoms with Crippen molar-refractivity contribution >= 4 is 6.09 Å². The number of aliphatic hydroxyl groups excluding tert-OH is 1. The van der Waals surface area contributed by atoms with Crippen LogP contribution in [0.4, 0.5) is 4.79 Å². The molecular formula is C18H35NO3. The van der Waals surface area contributed by atoms with Crippen molar-refractivity contribution in [3.63, 3.8) is 0 Å². The number of hydrogen-bond donors (Lipinski definition) is 1. The highest BCUT2D eigenvalue weighted by atomic mass is 16.6. The summed E-state index contributed by atoms with van der Waals surface area (Å²) in [4.78, 5) is 14.6. The molecule has 22 heavy (non-hydrogen) atoms. The minimum Gasteiger partial charge on any atom is -0.444 e. The Hall–Kier alpha value is -0.770. The lowest BCUT2D eigenvalue weighted by atomic mass is 9.85. The quantitative estimate of drug-likeness (QED) is 0.711. The molecule has 2 atom stereocenters. The van der Waals surface area contributed by atoms with Gasteiger partial charge in [0.2, 0.25) is 0 Å². The van der Waals surface area contributed by atoms with Crippen LogP contribution >= 0.6 is 0 Å². The summed E-state index contributed by atoms with van der Waals surface area (Å²) in [6.07, 6.45) is 8.54. The third kappa shape index (κ3) is 6.99. The second-order valence-corrected chi connectivity index (χ2v) is 7.64. The highest BCUT2D eigenvalue weighted by molar-refractivity contribution is 5.68. The molecule has 4 nitrogen and oxygen atoms in total. The topological polar surface area (TPSA) is 49.8 Å². The van der Waals surface area contributed by atoms with Crippen molar-refractivity contribution in [2.45, 2.75) is 90.7 Å². The van der Waals surface area contributed by atoms with Gasteiger partial charge in [-0.05, 0) is 52.4 Å². The fourth-order valence-corrected chi connectivity index (χ4v) is 3.22. The summed E-state index contributed by atoms with van der Waals surface area (Å²) in [5, 5.41) is 8.84. The third-order valence-corrected chi connectivity index (χ3v) is 4.40. The molecule has 1 amide bonds. The van der Waals surface area contributed by atoms with Gasteiger partial charge in [0.15, 0.2) is 0 Å². The first-order valence-corrected chi connectivity index (χ1v) is 8.95. The van der Waals surface area contributed by atoms with E-state index in [1.807, 2.05) is 25.7 Å². The SMILES string of the molecule is CC1CCCCC1N(CCCCCCO)C(=O)OC(C)(C)C. The lowest BCUT2D eigenvalue weighted by Gasteiger charge is -2.39. The molecule has 1 aliphatic carbocycles. The monoisotopic (exact) mass is 313 g/mol. The molecule has 0 saturated heterocycles. The molecule has 130 valence electrons. The number of hydrogen-bond acceptors (Lipinski definition) is 3. The fraction of sp³-hybridized carbons (Fsp3) is 0.944. The largest absolute Gasteiger partial charge is 0.444 e. The molecule has 0 aliphatic heterocycles. The van der Waals surface area contributed by atoms with Crippen molar-refractivity contribution < 1.29 is 14.6 Å². The highest BCUT2D eigenvalue weighted by Gasteiger charge is 2.32. The van der Waals surface area contributed by atoms with Crippen LogP contribution < -0.4 is 0 Å². The summed E-state index contributed by atoms with van der Waals surface area (Å²) < 4.78 is 5.63. The molecule has 0 spiro atoms. The van der Waals surface area contributed by atoms with Crippen molar-refractivity contribution in [2.75, 3.05) is 13.2 Å². The first-order chi connectivity index (χ1) is 10.3. The zero-order chi connectivity index (χ0) is 16.6. The second-order valence-electron chi connectivity index (χ2n) is 7.64. The van der Waals surface area contributed by atoms with Gasteiger partial charge in [-0.1, -0.05) is 32.6 Å². The fourth-order valence-electron chi connectivity index (χ4n) is 3.22. The Bertz CT molecular complexity index is 325. The zero-order valence-corrected chi connectivity index (χ0v) is 14.9. The minimum absolute atomic E-state index is 0.159. The number of rotatable bonds is 7. The minimum atomic E-state index is -0.440. The van der Waals surface area contributed by atoms with Crippen LogP contribution in [-0.2, 0) is 4.74 Å². The van der Waals surface area contributed by atoms with E-state index in [0.717, 1.165) is 38.6 Å². The van der Waals surface area contributed by atoms with Gasteiger partial charge in [0.25, 0.3) is 0 Å². The zero-order valence-electron chi connectivity index (χ0n) is 14.9. The summed E-state index contributed by atoms with van der Waals surface area (Å²) in [6, 6.07) is 0.321. The summed E-state index contributed by atoms with van der Waals surface area (Å²) in [5.41, 5.74) is -0.440. The highest BCUT2D eigenvalue weighted by Crippen LogP contribution is 2.29. The van der Waals surface area contributed by atoms with E-state index < -0.39 is 5.60 Å². The molecule has 0 heterocycles. The molecule has 1 saturated carbocycles. The van der Waals surface area contributed by atoms with Crippen LogP contribution in [0.25, 0.3) is 0 Å². The predicted molar refractivity (Wildman–Crippen MR) is 89.9 cm³/mol. The van der Waals surface area contributed by atoms with Gasteiger partial charge in [0, 0.05) is 19.2 Å². The predicted octanol–water partition coefficient (Wildman–Crippen LogP) is 4.35. The van der Waals surface area contributed by atoms with E-state index >= 15 is 0 Å². The first kappa shape index (κ1) is 19.3. The molecule has 1 N–H and O–H groups in total. The van der Waals surface area contributed by atoms with Gasteiger partial charge in [-0.25, -0.2) is 4.79 Å². The molecule has 0 bridgehead atoms. The lowest BCUT2D eigenvalue weighted by molar-refractivity contribution is 0.00481. The summed E-state index contributed by atoms with van der Waals surface area (Å²) in [5.74, 6) is 0.554. The van der Waals surface area contributed by atoms with E-state index in [1.54, 1.807) is 0 Å². The second kappa shape index (κ2) is 9.39. The maximum absolute atomic E-state index is 12.6. The van der Waals surface area contributed by atoms with Crippen LogP contribution in [0.15, 0.2) is 0 Å². The maximum Gasteiger partial charge on any atom is 0.410 e. The number of unbranched alkanes of at least 4 members (excludes halogenated alkanes) is 3. The van der Waals surface area contributed by atoms with Crippen LogP contribution in [0.2, 0.25) is 0 Å². The molecule has 1 aliphatic rings. The van der Waals surface area contributed by atoms with E-state index in [2.05, 4.69) is 6.92 Å². The van der Waals surface area contributed by atoms with Crippen molar-refractivity contribution in [2.24, 2.45) is 5.92 Å². The van der Waals surface area contributed by atoms with Gasteiger partial charge in [-0.3, -0.25) is 0 Å². The summed E-state index contributed by atoms with van der Waals surface area (Å²) in [7, 11) is 0. The van der Waals surface area contributed by atoms with Crippen LogP contribution in [0.1, 0.15) is 79.1 Å². The van der Waals surface area contributed by atoms with Crippen LogP contribution in [0.5, 0.6) is 0 Å². The number of aliphatic hydroxyl groups is 1. The van der Waals surface area contributed by atoms with Gasteiger partial charge >= 0.3 is 6.09 Å². The first-order valence-electron chi connectivity index (χ1n) is 8.95. The lowest BCUT2D eigenvalue weighted by Crippen LogP contribution is -2.47. The maximum atomic E-state index is 12.6. The van der Waals surface area contributed by atoms with Crippen molar-refractivity contribution in [3.05, 3.63) is 0 Å². The van der Waals surface area contributed by atoms with Crippen LogP contribution in [0, 0.1) is 5.92 Å². The van der Waals surface area contributed by atoms with Gasteiger partial charge < -0.3 is 14.7 Å². The molecule has 0 aromatic rings. The van der Waals surface area contributed by atoms with Gasteiger partial charge in [-0.15, -0.1) is 0 Å². The van der Waals surface area contributed by atoms with Crippen LogP contribution in [-0.4, -0.2) is 40.9 Å². The van der Waals surface area contributed by atoms with Gasteiger partial charge in [0.05, 0.1) is 0 Å². The molecular weight excluding hydrogens is 278 g/mol. The Kier molecular flexibility index (Phi) is 8.23. The van der Waals surface area contributed by atoms with E-state index in [0.29, 0.717) is 12.0 Å². The Balaban J connectivity index is 2.61.